The molecule has 0 aromatic heterocycles. The molecule has 1 fully saturated rings. The summed E-state index contributed by atoms with van der Waals surface area (Å²) in [5, 5.41) is 3.02. The number of hydrogen-bond donors (Lipinski definition) is 1. The van der Waals surface area contributed by atoms with Gasteiger partial charge in [0, 0.05) is 19.6 Å². The number of amides is 1. The van der Waals surface area contributed by atoms with Crippen molar-refractivity contribution in [1.29, 1.82) is 0 Å². The maximum absolute atomic E-state index is 12.4. The van der Waals surface area contributed by atoms with Crippen LogP contribution in [0.5, 0.6) is 0 Å². The van der Waals surface area contributed by atoms with Crippen LogP contribution in [0, 0.1) is 18.3 Å². The highest BCUT2D eigenvalue weighted by atomic mass is 16.5. The van der Waals surface area contributed by atoms with Crippen LogP contribution in [-0.2, 0) is 9.53 Å². The van der Waals surface area contributed by atoms with E-state index in [1.165, 1.54) is 0 Å². The van der Waals surface area contributed by atoms with Crippen LogP contribution < -0.4 is 5.32 Å². The third kappa shape index (κ3) is 4.61. The Morgan fingerprint density at radius 2 is 2.14 bits per heavy atom. The Bertz CT molecular complexity index is 478. The highest BCUT2D eigenvalue weighted by molar-refractivity contribution is 5.79. The second-order valence-electron chi connectivity index (χ2n) is 5.40. The number of hydrogen-bond acceptors (Lipinski definition) is 2. The summed E-state index contributed by atoms with van der Waals surface area (Å²) >= 11 is 0. The van der Waals surface area contributed by atoms with Gasteiger partial charge in [-0.3, -0.25) is 4.79 Å². The lowest BCUT2D eigenvalue weighted by Gasteiger charge is -2.31. The van der Waals surface area contributed by atoms with Gasteiger partial charge in [-0.1, -0.05) is 30.3 Å². The molecule has 2 atom stereocenters. The highest BCUT2D eigenvalue weighted by Crippen LogP contribution is 2.33. The van der Waals surface area contributed by atoms with Crippen LogP contribution in [0.1, 0.15) is 43.8 Å². The first-order valence-electron chi connectivity index (χ1n) is 7.70. The van der Waals surface area contributed by atoms with E-state index in [1.54, 1.807) is 0 Å². The Balaban J connectivity index is 1.89. The molecule has 0 radical (unpaired) electrons. The Hall–Kier alpha value is -1.79. The van der Waals surface area contributed by atoms with Crippen LogP contribution in [0.3, 0.4) is 0 Å². The van der Waals surface area contributed by atoms with E-state index in [4.69, 9.17) is 11.2 Å². The predicted octanol–water partition coefficient (Wildman–Crippen LogP) is 3.07. The first kappa shape index (κ1) is 15.6. The minimum atomic E-state index is -0.120. The van der Waals surface area contributed by atoms with Crippen molar-refractivity contribution >= 4 is 5.91 Å². The number of ether oxygens (including phenoxy) is 1. The largest absolute Gasteiger partial charge is 0.373 e. The Labute approximate surface area is 127 Å². The smallest absolute Gasteiger partial charge is 0.226 e. The number of carbonyl (C=O) groups excluding carboxylic acids is 1. The molecule has 1 aromatic rings. The second kappa shape index (κ2) is 8.49. The molecule has 0 bridgehead atoms. The van der Waals surface area contributed by atoms with Crippen LogP contribution in [0.2, 0.25) is 0 Å². The monoisotopic (exact) mass is 285 g/mol. The fourth-order valence-corrected chi connectivity index (χ4v) is 2.72. The lowest BCUT2D eigenvalue weighted by Crippen LogP contribution is -2.38. The first-order chi connectivity index (χ1) is 10.3. The standard InChI is InChI=1S/C18H23NO2/c1-2-3-4-8-13-19-18(20)16-12-9-14-21-17(16)15-10-6-5-7-11-15/h1,5-7,10-11,16-17H,3-4,8-9,12-14H2,(H,19,20). The highest BCUT2D eigenvalue weighted by Gasteiger charge is 2.32. The topological polar surface area (TPSA) is 38.3 Å². The van der Waals surface area contributed by atoms with Crippen molar-refractivity contribution in [1.82, 2.24) is 5.32 Å². The minimum Gasteiger partial charge on any atom is -0.373 e. The summed E-state index contributed by atoms with van der Waals surface area (Å²) in [6.07, 6.45) is 9.59. The van der Waals surface area contributed by atoms with Crippen molar-refractivity contribution in [3.8, 4) is 12.3 Å². The summed E-state index contributed by atoms with van der Waals surface area (Å²) in [6, 6.07) is 10.0. The van der Waals surface area contributed by atoms with Crippen LogP contribution in [-0.4, -0.2) is 19.1 Å². The van der Waals surface area contributed by atoms with E-state index in [0.29, 0.717) is 6.54 Å². The average Bonchev–Trinajstić information content (AvgIpc) is 2.55. The van der Waals surface area contributed by atoms with Crippen LogP contribution in [0.4, 0.5) is 0 Å². The molecule has 112 valence electrons. The van der Waals surface area contributed by atoms with E-state index >= 15 is 0 Å². The van der Waals surface area contributed by atoms with E-state index in [2.05, 4.69) is 11.2 Å². The van der Waals surface area contributed by atoms with Crippen LogP contribution in [0.25, 0.3) is 0 Å². The van der Waals surface area contributed by atoms with Gasteiger partial charge in [-0.2, -0.15) is 0 Å². The van der Waals surface area contributed by atoms with Crippen molar-refractivity contribution in [2.24, 2.45) is 5.92 Å². The minimum absolute atomic E-state index is 0.0891. The molecule has 0 aliphatic carbocycles. The van der Waals surface area contributed by atoms with E-state index < -0.39 is 0 Å². The molecular weight excluding hydrogens is 262 g/mol. The summed E-state index contributed by atoms with van der Waals surface area (Å²) in [5.74, 6) is 2.63. The zero-order valence-electron chi connectivity index (χ0n) is 12.4. The van der Waals surface area contributed by atoms with Gasteiger partial charge in [0.1, 0.15) is 0 Å². The molecule has 1 saturated heterocycles. The molecule has 1 N–H and O–H groups in total. The fraction of sp³-hybridized carbons (Fsp3) is 0.500. The van der Waals surface area contributed by atoms with E-state index in [0.717, 1.165) is 44.3 Å². The number of unbranched alkanes of at least 4 members (excludes halogenated alkanes) is 2. The number of nitrogens with one attached hydrogen (secondary N) is 1. The maximum atomic E-state index is 12.4. The number of terminal acetylenes is 1. The molecule has 2 unspecified atom stereocenters. The lowest BCUT2D eigenvalue weighted by molar-refractivity contribution is -0.134. The zero-order valence-corrected chi connectivity index (χ0v) is 12.4. The van der Waals surface area contributed by atoms with Gasteiger partial charge in [-0.25, -0.2) is 0 Å². The molecule has 2 rings (SSSR count). The summed E-state index contributed by atoms with van der Waals surface area (Å²) in [5.41, 5.74) is 1.09. The number of carbonyl (C=O) groups is 1. The molecule has 0 saturated carbocycles. The number of rotatable bonds is 6. The second-order valence-corrected chi connectivity index (χ2v) is 5.40. The Kier molecular flexibility index (Phi) is 6.30. The number of benzene rings is 1. The lowest BCUT2D eigenvalue weighted by atomic mass is 9.88. The van der Waals surface area contributed by atoms with Gasteiger partial charge >= 0.3 is 0 Å². The van der Waals surface area contributed by atoms with Crippen molar-refractivity contribution < 1.29 is 9.53 Å². The van der Waals surface area contributed by atoms with Gasteiger partial charge in [0.15, 0.2) is 0 Å². The molecule has 3 nitrogen and oxygen atoms in total. The SMILES string of the molecule is C#CCCCCNC(=O)C1CCCOC1c1ccccc1. The van der Waals surface area contributed by atoms with Crippen molar-refractivity contribution in [2.45, 2.75) is 38.2 Å². The zero-order chi connectivity index (χ0) is 14.9. The van der Waals surface area contributed by atoms with Crippen LogP contribution >= 0.6 is 0 Å². The Morgan fingerprint density at radius 1 is 1.33 bits per heavy atom. The Morgan fingerprint density at radius 3 is 2.90 bits per heavy atom. The van der Waals surface area contributed by atoms with Crippen molar-refractivity contribution in [3.63, 3.8) is 0 Å². The van der Waals surface area contributed by atoms with E-state index in [-0.39, 0.29) is 17.9 Å². The summed E-state index contributed by atoms with van der Waals surface area (Å²) in [6.45, 7) is 1.42. The van der Waals surface area contributed by atoms with Crippen molar-refractivity contribution in [3.05, 3.63) is 35.9 Å². The molecular formula is C18H23NO2. The fourth-order valence-electron chi connectivity index (χ4n) is 2.72. The molecule has 0 spiro atoms. The molecule has 1 aliphatic rings. The third-order valence-corrected chi connectivity index (χ3v) is 3.83. The first-order valence-corrected chi connectivity index (χ1v) is 7.70. The van der Waals surface area contributed by atoms with Gasteiger partial charge in [0.25, 0.3) is 0 Å². The summed E-state index contributed by atoms with van der Waals surface area (Å²) < 4.78 is 5.86. The van der Waals surface area contributed by atoms with Gasteiger partial charge in [-0.05, 0) is 31.2 Å². The summed E-state index contributed by atoms with van der Waals surface area (Å²) in [4.78, 5) is 12.4. The third-order valence-electron chi connectivity index (χ3n) is 3.83. The normalized spacial score (nSPS) is 21.5. The molecule has 1 heterocycles. The van der Waals surface area contributed by atoms with E-state index in [1.807, 2.05) is 30.3 Å². The average molecular weight is 285 g/mol. The van der Waals surface area contributed by atoms with Crippen molar-refractivity contribution in [2.75, 3.05) is 13.2 Å². The van der Waals surface area contributed by atoms with Gasteiger partial charge < -0.3 is 10.1 Å². The predicted molar refractivity (Wildman–Crippen MR) is 83.6 cm³/mol. The molecule has 1 aromatic carbocycles. The summed E-state index contributed by atoms with van der Waals surface area (Å²) in [7, 11) is 0. The van der Waals surface area contributed by atoms with Gasteiger partial charge in [0.2, 0.25) is 5.91 Å². The van der Waals surface area contributed by atoms with E-state index in [9.17, 15) is 4.79 Å². The molecule has 21 heavy (non-hydrogen) atoms. The molecule has 1 amide bonds. The molecule has 3 heteroatoms. The van der Waals surface area contributed by atoms with Crippen LogP contribution in [0.15, 0.2) is 30.3 Å². The maximum Gasteiger partial charge on any atom is 0.226 e. The van der Waals surface area contributed by atoms with Gasteiger partial charge in [0.05, 0.1) is 12.0 Å². The quantitative estimate of drug-likeness (QED) is 0.644. The van der Waals surface area contributed by atoms with Gasteiger partial charge in [-0.15, -0.1) is 12.3 Å². The molecule has 1 aliphatic heterocycles.